The minimum atomic E-state index is -1.36. The van der Waals surface area contributed by atoms with Crippen LogP contribution in [0.15, 0.2) is 0 Å². The number of hydrogen-bond acceptors (Lipinski definition) is 9. The van der Waals surface area contributed by atoms with E-state index in [-0.39, 0.29) is 17.9 Å². The molecule has 7 N–H and O–H groups in total. The van der Waals surface area contributed by atoms with Crippen LogP contribution in [0.2, 0.25) is 0 Å². The van der Waals surface area contributed by atoms with E-state index in [2.05, 4.69) is 41.2 Å². The highest BCUT2D eigenvalue weighted by Crippen LogP contribution is 2.04. The lowest BCUT2D eigenvalue weighted by atomic mass is 10.1. The molecule has 0 fully saturated rings. The van der Waals surface area contributed by atoms with Gasteiger partial charge in [0.05, 0.1) is 12.5 Å². The molecule has 0 aliphatic heterocycles. The highest BCUT2D eigenvalue weighted by Gasteiger charge is 2.29. The van der Waals surface area contributed by atoms with Crippen LogP contribution in [0.1, 0.15) is 12.8 Å². The fraction of sp³-hybridized carbons (Fsp3) is 0.667. The maximum absolute atomic E-state index is 12.5. The van der Waals surface area contributed by atoms with E-state index in [1.54, 1.807) is 6.26 Å². The summed E-state index contributed by atoms with van der Waals surface area (Å²) in [5.41, 5.74) is 5.46. The number of nitrogens with two attached hydrogens (primary N) is 1. The lowest BCUT2D eigenvalue weighted by Crippen LogP contribution is -2.58. The Morgan fingerprint density at radius 3 is 1.83 bits per heavy atom. The molecule has 29 heavy (non-hydrogen) atoms. The minimum Gasteiger partial charge on any atom is -0.481 e. The van der Waals surface area contributed by atoms with Crippen LogP contribution in [-0.2, 0) is 24.0 Å². The van der Waals surface area contributed by atoms with Gasteiger partial charge in [0, 0.05) is 11.5 Å². The quantitative estimate of drug-likeness (QED) is 0.132. The molecule has 0 heterocycles. The second-order valence-electron chi connectivity index (χ2n) is 5.87. The molecule has 0 aromatic carbocycles. The van der Waals surface area contributed by atoms with Gasteiger partial charge < -0.3 is 31.9 Å². The molecule has 0 aromatic heterocycles. The summed E-state index contributed by atoms with van der Waals surface area (Å²) >= 11 is 9.27. The lowest BCUT2D eigenvalue weighted by Gasteiger charge is -2.24. The van der Waals surface area contributed by atoms with Gasteiger partial charge in [-0.3, -0.25) is 19.2 Å². The van der Waals surface area contributed by atoms with Crippen molar-refractivity contribution in [1.29, 1.82) is 0 Å². The number of carboxylic acid groups (broad SMARTS) is 2. The molecule has 4 unspecified atom stereocenters. The van der Waals surface area contributed by atoms with Gasteiger partial charge in [-0.15, -0.1) is 0 Å². The molecule has 166 valence electrons. The van der Waals surface area contributed by atoms with Crippen LogP contribution in [0.25, 0.3) is 0 Å². The summed E-state index contributed by atoms with van der Waals surface area (Å²) in [4.78, 5) is 58.5. The van der Waals surface area contributed by atoms with E-state index in [0.717, 1.165) is 0 Å². The van der Waals surface area contributed by atoms with Crippen molar-refractivity contribution in [3.05, 3.63) is 0 Å². The Morgan fingerprint density at radius 1 is 0.897 bits per heavy atom. The number of thiol groups is 2. The van der Waals surface area contributed by atoms with Crippen LogP contribution >= 0.6 is 37.0 Å². The Hall–Kier alpha value is -1.64. The monoisotopic (exact) mass is 470 g/mol. The summed E-state index contributed by atoms with van der Waals surface area (Å²) in [6.45, 7) is 0. The van der Waals surface area contributed by atoms with Crippen molar-refractivity contribution >= 4 is 66.7 Å². The average molecular weight is 471 g/mol. The van der Waals surface area contributed by atoms with E-state index < -0.39 is 60.2 Å². The first-order valence-corrected chi connectivity index (χ1v) is 11.0. The summed E-state index contributed by atoms with van der Waals surface area (Å²) < 4.78 is 0. The number of hydrogen-bond donors (Lipinski definition) is 8. The Morgan fingerprint density at radius 2 is 1.38 bits per heavy atom. The van der Waals surface area contributed by atoms with Gasteiger partial charge in [-0.1, -0.05) is 0 Å². The molecule has 0 aromatic rings. The van der Waals surface area contributed by atoms with Gasteiger partial charge >= 0.3 is 11.9 Å². The molecule has 0 aliphatic carbocycles. The molecule has 4 atom stereocenters. The Balaban J connectivity index is 5.11. The molecule has 11 nitrogen and oxygen atoms in total. The fourth-order valence-electron chi connectivity index (χ4n) is 1.99. The van der Waals surface area contributed by atoms with E-state index in [9.17, 15) is 24.0 Å². The van der Waals surface area contributed by atoms with Crippen molar-refractivity contribution < 1.29 is 34.2 Å². The molecule has 0 saturated carbocycles. The fourth-order valence-corrected chi connectivity index (χ4v) is 2.96. The summed E-state index contributed by atoms with van der Waals surface area (Å²) in [6.07, 6.45) is 1.39. The SMILES string of the molecule is CSCCC(NC(=O)C(CS)NC(=O)C(N)CC(=O)O)C(=O)NC(CS)C(=O)O. The van der Waals surface area contributed by atoms with Crippen LogP contribution in [0.3, 0.4) is 0 Å². The zero-order chi connectivity index (χ0) is 22.6. The predicted molar refractivity (Wildman–Crippen MR) is 114 cm³/mol. The highest BCUT2D eigenvalue weighted by molar-refractivity contribution is 7.98. The third-order valence-electron chi connectivity index (χ3n) is 3.59. The number of thioether (sulfide) groups is 1. The van der Waals surface area contributed by atoms with Gasteiger partial charge in [-0.25, -0.2) is 4.79 Å². The summed E-state index contributed by atoms with van der Waals surface area (Å²) in [6, 6.07) is -4.81. The summed E-state index contributed by atoms with van der Waals surface area (Å²) in [5, 5.41) is 24.7. The lowest BCUT2D eigenvalue weighted by molar-refractivity contribution is -0.141. The summed E-state index contributed by atoms with van der Waals surface area (Å²) in [5.74, 6) is -4.62. The van der Waals surface area contributed by atoms with E-state index in [0.29, 0.717) is 5.75 Å². The molecular weight excluding hydrogens is 444 g/mol. The standard InChI is InChI=1S/C15H26N4O7S3/c1-29-3-2-8(13(23)19-10(6-28)15(25)26)17-14(24)9(5-27)18-12(22)7(16)4-11(20)21/h7-10,27-28H,2-6,16H2,1H3,(H,17,24)(H,18,22)(H,19,23)(H,20,21)(H,25,26). The van der Waals surface area contributed by atoms with E-state index in [1.165, 1.54) is 11.8 Å². The molecule has 0 bridgehead atoms. The molecule has 0 spiro atoms. The number of amides is 3. The van der Waals surface area contributed by atoms with Crippen LogP contribution in [0, 0.1) is 0 Å². The maximum atomic E-state index is 12.5. The predicted octanol–water partition coefficient (Wildman–Crippen LogP) is -2.06. The Bertz CT molecular complexity index is 608. The average Bonchev–Trinajstić information content (AvgIpc) is 2.65. The van der Waals surface area contributed by atoms with Gasteiger partial charge in [0.25, 0.3) is 0 Å². The van der Waals surface area contributed by atoms with Gasteiger partial charge in [-0.2, -0.15) is 37.0 Å². The Labute approximate surface area is 183 Å². The molecule has 0 aliphatic rings. The number of carboxylic acids is 2. The second kappa shape index (κ2) is 14.4. The molecule has 0 saturated heterocycles. The van der Waals surface area contributed by atoms with Crippen LogP contribution < -0.4 is 21.7 Å². The van der Waals surface area contributed by atoms with E-state index >= 15 is 0 Å². The van der Waals surface area contributed by atoms with Crippen LogP contribution in [0.5, 0.6) is 0 Å². The molecule has 14 heteroatoms. The highest BCUT2D eigenvalue weighted by atomic mass is 32.2. The number of carbonyl (C=O) groups is 5. The Kier molecular flexibility index (Phi) is 13.5. The van der Waals surface area contributed by atoms with Crippen LogP contribution in [-0.4, -0.2) is 87.6 Å². The van der Waals surface area contributed by atoms with Crippen molar-refractivity contribution in [2.45, 2.75) is 37.0 Å². The van der Waals surface area contributed by atoms with Gasteiger partial charge in [0.15, 0.2) is 0 Å². The zero-order valence-corrected chi connectivity index (χ0v) is 18.3. The van der Waals surface area contributed by atoms with Gasteiger partial charge in [-0.05, 0) is 18.4 Å². The van der Waals surface area contributed by atoms with Gasteiger partial charge in [0.1, 0.15) is 18.1 Å². The van der Waals surface area contributed by atoms with Crippen molar-refractivity contribution in [3.63, 3.8) is 0 Å². The van der Waals surface area contributed by atoms with Crippen molar-refractivity contribution in [1.82, 2.24) is 16.0 Å². The summed E-state index contributed by atoms with van der Waals surface area (Å²) in [7, 11) is 0. The van der Waals surface area contributed by atoms with Crippen molar-refractivity contribution in [2.24, 2.45) is 5.73 Å². The van der Waals surface area contributed by atoms with Gasteiger partial charge in [0.2, 0.25) is 17.7 Å². The number of aliphatic carboxylic acids is 2. The first kappa shape index (κ1) is 27.4. The first-order chi connectivity index (χ1) is 13.6. The third kappa shape index (κ3) is 10.6. The third-order valence-corrected chi connectivity index (χ3v) is 4.96. The topological polar surface area (TPSA) is 188 Å². The zero-order valence-electron chi connectivity index (χ0n) is 15.7. The minimum absolute atomic E-state index is 0.136. The van der Waals surface area contributed by atoms with Crippen LogP contribution in [0.4, 0.5) is 0 Å². The number of carbonyl (C=O) groups excluding carboxylic acids is 3. The normalized spacial score (nSPS) is 14.8. The first-order valence-electron chi connectivity index (χ1n) is 8.39. The maximum Gasteiger partial charge on any atom is 0.327 e. The number of nitrogens with one attached hydrogen (secondary N) is 3. The van der Waals surface area contributed by atoms with E-state index in [4.69, 9.17) is 15.9 Å². The molecule has 3 amide bonds. The van der Waals surface area contributed by atoms with Crippen molar-refractivity contribution in [3.8, 4) is 0 Å². The molecule has 0 rings (SSSR count). The van der Waals surface area contributed by atoms with E-state index in [1.807, 2.05) is 0 Å². The number of rotatable bonds is 14. The largest absolute Gasteiger partial charge is 0.481 e. The molecule has 0 radical (unpaired) electrons. The smallest absolute Gasteiger partial charge is 0.327 e. The van der Waals surface area contributed by atoms with Crippen molar-refractivity contribution in [2.75, 3.05) is 23.5 Å². The molecular formula is C15H26N4O7S3. The second-order valence-corrected chi connectivity index (χ2v) is 7.59.